The van der Waals surface area contributed by atoms with Gasteiger partial charge in [0, 0.05) is 27.2 Å². The van der Waals surface area contributed by atoms with Crippen molar-refractivity contribution in [1.82, 2.24) is 10.2 Å². The van der Waals surface area contributed by atoms with Crippen LogP contribution in [0.15, 0.2) is 29.3 Å². The summed E-state index contributed by atoms with van der Waals surface area (Å²) >= 11 is 0. The third-order valence-electron chi connectivity index (χ3n) is 3.86. The number of guanidine groups is 1. The first-order chi connectivity index (χ1) is 11.8. The van der Waals surface area contributed by atoms with Crippen molar-refractivity contribution in [3.05, 3.63) is 35.4 Å². The number of rotatable bonds is 5. The van der Waals surface area contributed by atoms with E-state index < -0.39 is 26.3 Å². The summed E-state index contributed by atoms with van der Waals surface area (Å²) in [4.78, 5) is 5.79. The molecule has 0 heterocycles. The lowest BCUT2D eigenvalue weighted by atomic mass is 10.1. The summed E-state index contributed by atoms with van der Waals surface area (Å²) in [7, 11) is 0.0393. The van der Waals surface area contributed by atoms with E-state index in [0.717, 1.165) is 12.1 Å². The van der Waals surface area contributed by atoms with Crippen molar-refractivity contribution in [3.8, 4) is 0 Å². The van der Waals surface area contributed by atoms with Crippen LogP contribution in [0.2, 0.25) is 0 Å². The number of benzene rings is 1. The highest BCUT2D eigenvalue weighted by Crippen LogP contribution is 2.29. The van der Waals surface area contributed by atoms with Gasteiger partial charge in [-0.15, -0.1) is 0 Å². The van der Waals surface area contributed by atoms with Gasteiger partial charge in [-0.1, -0.05) is 12.1 Å². The zero-order valence-electron chi connectivity index (χ0n) is 15.7. The molecule has 1 rings (SSSR count). The molecule has 0 unspecified atom stereocenters. The molecule has 9 heteroatoms. The minimum Gasteiger partial charge on any atom is -0.355 e. The number of hydrogen-bond donors (Lipinski definition) is 1. The first-order valence-electron chi connectivity index (χ1n) is 8.08. The number of nitrogens with zero attached hydrogens (tertiary/aromatic N) is 2. The van der Waals surface area contributed by atoms with Crippen molar-refractivity contribution in [2.45, 2.75) is 38.2 Å². The Hall–Kier alpha value is -1.77. The zero-order valence-corrected chi connectivity index (χ0v) is 16.5. The lowest BCUT2D eigenvalue weighted by molar-refractivity contribution is -0.137. The van der Waals surface area contributed by atoms with Gasteiger partial charge in [-0.25, -0.2) is 8.42 Å². The molecule has 5 nitrogen and oxygen atoms in total. The molecule has 0 saturated carbocycles. The standard InChI is InChI=1S/C17H26F3N3O2S/c1-16(2,3)26(24,25)11-10-22-15(21-4)23(5)12-13-6-8-14(9-7-13)17(18,19)20/h6-9H,10-12H2,1-5H3,(H,21,22). The summed E-state index contributed by atoms with van der Waals surface area (Å²) in [6.07, 6.45) is -4.36. The minimum absolute atomic E-state index is 0.0381. The lowest BCUT2D eigenvalue weighted by Crippen LogP contribution is -2.42. The van der Waals surface area contributed by atoms with Crippen LogP contribution in [-0.4, -0.2) is 50.4 Å². The Labute approximate surface area is 153 Å². The third-order valence-corrected chi connectivity index (χ3v) is 6.47. The van der Waals surface area contributed by atoms with Crippen molar-refractivity contribution in [1.29, 1.82) is 0 Å². The molecule has 0 saturated heterocycles. The van der Waals surface area contributed by atoms with Crippen molar-refractivity contribution in [3.63, 3.8) is 0 Å². The quantitative estimate of drug-likeness (QED) is 0.617. The molecular formula is C17H26F3N3O2S. The third kappa shape index (κ3) is 6.19. The van der Waals surface area contributed by atoms with Crippen LogP contribution in [0.3, 0.4) is 0 Å². The van der Waals surface area contributed by atoms with Gasteiger partial charge in [-0.05, 0) is 38.5 Å². The Balaban J connectivity index is 2.66. The highest BCUT2D eigenvalue weighted by molar-refractivity contribution is 7.92. The van der Waals surface area contributed by atoms with E-state index in [-0.39, 0.29) is 12.3 Å². The largest absolute Gasteiger partial charge is 0.416 e. The average Bonchev–Trinajstić information content (AvgIpc) is 2.50. The van der Waals surface area contributed by atoms with Crippen LogP contribution in [0, 0.1) is 0 Å². The van der Waals surface area contributed by atoms with Gasteiger partial charge >= 0.3 is 6.18 Å². The van der Waals surface area contributed by atoms with Gasteiger partial charge < -0.3 is 10.2 Å². The normalized spacial score (nSPS) is 13.6. The fourth-order valence-corrected chi connectivity index (χ4v) is 3.12. The van der Waals surface area contributed by atoms with Crippen LogP contribution in [-0.2, 0) is 22.6 Å². The van der Waals surface area contributed by atoms with Gasteiger partial charge in [0.15, 0.2) is 15.8 Å². The molecule has 148 valence electrons. The fraction of sp³-hybridized carbons (Fsp3) is 0.588. The number of hydrogen-bond acceptors (Lipinski definition) is 3. The molecule has 1 aromatic carbocycles. The number of nitrogens with one attached hydrogen (secondary N) is 1. The van der Waals surface area contributed by atoms with Crippen molar-refractivity contribution in [2.75, 3.05) is 26.4 Å². The van der Waals surface area contributed by atoms with Crippen molar-refractivity contribution < 1.29 is 21.6 Å². The van der Waals surface area contributed by atoms with Gasteiger partial charge in [0.05, 0.1) is 16.1 Å². The smallest absolute Gasteiger partial charge is 0.355 e. The SMILES string of the molecule is CN=C(NCCS(=O)(=O)C(C)(C)C)N(C)Cc1ccc(C(F)(F)F)cc1. The molecular weight excluding hydrogens is 367 g/mol. The van der Waals surface area contributed by atoms with E-state index in [0.29, 0.717) is 18.1 Å². The molecule has 0 fully saturated rings. The zero-order chi connectivity index (χ0) is 20.2. The maximum Gasteiger partial charge on any atom is 0.416 e. The molecule has 1 aromatic rings. The first-order valence-corrected chi connectivity index (χ1v) is 9.73. The van der Waals surface area contributed by atoms with Crippen LogP contribution >= 0.6 is 0 Å². The van der Waals surface area contributed by atoms with E-state index in [4.69, 9.17) is 0 Å². The highest BCUT2D eigenvalue weighted by Gasteiger charge is 2.30. The summed E-state index contributed by atoms with van der Waals surface area (Å²) in [5, 5.41) is 2.97. The summed E-state index contributed by atoms with van der Waals surface area (Å²) in [6.45, 7) is 5.48. The molecule has 0 radical (unpaired) electrons. The second-order valence-electron chi connectivity index (χ2n) is 6.96. The number of aliphatic imine (C=N–C) groups is 1. The fourth-order valence-electron chi connectivity index (χ4n) is 2.14. The lowest BCUT2D eigenvalue weighted by Gasteiger charge is -2.24. The van der Waals surface area contributed by atoms with Gasteiger partial charge in [0.1, 0.15) is 0 Å². The van der Waals surface area contributed by atoms with Gasteiger partial charge in [-0.3, -0.25) is 4.99 Å². The summed E-state index contributed by atoms with van der Waals surface area (Å²) in [5.41, 5.74) is -0.00967. The Morgan fingerprint density at radius 1 is 1.15 bits per heavy atom. The highest BCUT2D eigenvalue weighted by atomic mass is 32.2. The summed E-state index contributed by atoms with van der Waals surface area (Å²) in [6, 6.07) is 4.90. The summed E-state index contributed by atoms with van der Waals surface area (Å²) < 4.78 is 61.2. The summed E-state index contributed by atoms with van der Waals surface area (Å²) in [5.74, 6) is 0.429. The molecule has 0 aliphatic heterocycles. The average molecular weight is 393 g/mol. The predicted octanol–water partition coefficient (Wildman–Crippen LogP) is 2.93. The van der Waals surface area contributed by atoms with E-state index in [2.05, 4.69) is 10.3 Å². The van der Waals surface area contributed by atoms with Crippen molar-refractivity contribution >= 4 is 15.8 Å². The maximum absolute atomic E-state index is 12.6. The van der Waals surface area contributed by atoms with Gasteiger partial charge in [-0.2, -0.15) is 13.2 Å². The first kappa shape index (κ1) is 22.3. The van der Waals surface area contributed by atoms with Gasteiger partial charge in [0.2, 0.25) is 0 Å². The van der Waals surface area contributed by atoms with E-state index >= 15 is 0 Å². The number of halogens is 3. The Kier molecular flexibility index (Phi) is 7.09. The Morgan fingerprint density at radius 2 is 1.69 bits per heavy atom. The molecule has 0 amide bonds. The molecule has 1 N–H and O–H groups in total. The number of sulfone groups is 1. The topological polar surface area (TPSA) is 61.8 Å². The predicted molar refractivity (Wildman–Crippen MR) is 97.8 cm³/mol. The Morgan fingerprint density at radius 3 is 2.12 bits per heavy atom. The van der Waals surface area contributed by atoms with E-state index in [1.165, 1.54) is 12.1 Å². The van der Waals surface area contributed by atoms with Crippen LogP contribution in [0.1, 0.15) is 31.9 Å². The maximum atomic E-state index is 12.6. The van der Waals surface area contributed by atoms with E-state index in [1.807, 2.05) is 0 Å². The second kappa shape index (κ2) is 8.28. The molecule has 26 heavy (non-hydrogen) atoms. The van der Waals surface area contributed by atoms with Crippen LogP contribution in [0.25, 0.3) is 0 Å². The van der Waals surface area contributed by atoms with Crippen LogP contribution in [0.5, 0.6) is 0 Å². The van der Waals surface area contributed by atoms with Crippen molar-refractivity contribution in [2.24, 2.45) is 4.99 Å². The minimum atomic E-state index is -4.36. The molecule has 0 aliphatic carbocycles. The molecule has 0 spiro atoms. The van der Waals surface area contributed by atoms with Crippen LogP contribution in [0.4, 0.5) is 13.2 Å². The second-order valence-corrected chi connectivity index (χ2v) is 9.82. The molecule has 0 bridgehead atoms. The van der Waals surface area contributed by atoms with Gasteiger partial charge in [0.25, 0.3) is 0 Å². The molecule has 0 aromatic heterocycles. The Bertz CT molecular complexity index is 721. The monoisotopic (exact) mass is 393 g/mol. The molecule has 0 aliphatic rings. The number of alkyl halides is 3. The van der Waals surface area contributed by atoms with E-state index in [9.17, 15) is 21.6 Å². The molecule has 0 atom stereocenters. The van der Waals surface area contributed by atoms with E-state index in [1.54, 1.807) is 39.8 Å². The van der Waals surface area contributed by atoms with Crippen LogP contribution < -0.4 is 5.32 Å².